The van der Waals surface area contributed by atoms with Crippen LogP contribution in [-0.4, -0.2) is 72.3 Å². The van der Waals surface area contributed by atoms with Gasteiger partial charge in [-0.1, -0.05) is 6.92 Å². The van der Waals surface area contributed by atoms with Crippen molar-refractivity contribution in [3.8, 4) is 0 Å². The molecule has 0 aromatic carbocycles. The fourth-order valence-electron chi connectivity index (χ4n) is 2.25. The third-order valence-corrected chi connectivity index (χ3v) is 3.50. The summed E-state index contributed by atoms with van der Waals surface area (Å²) >= 11 is 0. The molecule has 0 bridgehead atoms. The van der Waals surface area contributed by atoms with Crippen LogP contribution in [-0.2, 0) is 9.59 Å². The predicted octanol–water partition coefficient (Wildman–Crippen LogP) is 0.409. The van der Waals surface area contributed by atoms with E-state index in [1.165, 1.54) is 0 Å². The summed E-state index contributed by atoms with van der Waals surface area (Å²) < 4.78 is 0. The van der Waals surface area contributed by atoms with E-state index in [1.807, 2.05) is 30.6 Å². The second kappa shape index (κ2) is 7.36. The lowest BCUT2D eigenvalue weighted by atomic mass is 10.2. The zero-order chi connectivity index (χ0) is 13.5. The highest BCUT2D eigenvalue weighted by Crippen LogP contribution is 2.04. The Morgan fingerprint density at radius 1 is 1.00 bits per heavy atom. The third kappa shape index (κ3) is 3.98. The van der Waals surface area contributed by atoms with E-state index < -0.39 is 0 Å². The molecule has 5 heteroatoms. The van der Waals surface area contributed by atoms with Gasteiger partial charge in [0.25, 0.3) is 0 Å². The molecule has 2 amide bonds. The molecule has 1 aliphatic rings. The molecule has 1 heterocycles. The number of hydrogen-bond donors (Lipinski definition) is 0. The van der Waals surface area contributed by atoms with Crippen molar-refractivity contribution in [3.63, 3.8) is 0 Å². The molecule has 104 valence electrons. The highest BCUT2D eigenvalue weighted by molar-refractivity contribution is 5.78. The number of nitrogens with zero attached hydrogens (tertiary/aromatic N) is 3. The topological polar surface area (TPSA) is 43.9 Å². The summed E-state index contributed by atoms with van der Waals surface area (Å²) in [5, 5.41) is 0. The van der Waals surface area contributed by atoms with Crippen LogP contribution in [0, 0.1) is 0 Å². The summed E-state index contributed by atoms with van der Waals surface area (Å²) in [7, 11) is 0. The van der Waals surface area contributed by atoms with E-state index in [-0.39, 0.29) is 11.8 Å². The Bertz CT molecular complexity index is 282. The molecule has 0 N–H and O–H groups in total. The van der Waals surface area contributed by atoms with E-state index in [0.29, 0.717) is 13.0 Å². The van der Waals surface area contributed by atoms with Crippen LogP contribution < -0.4 is 0 Å². The van der Waals surface area contributed by atoms with Gasteiger partial charge in [-0.05, 0) is 13.8 Å². The zero-order valence-electron chi connectivity index (χ0n) is 11.8. The second-order valence-electron chi connectivity index (χ2n) is 4.58. The molecule has 5 nitrogen and oxygen atoms in total. The first-order valence-corrected chi connectivity index (χ1v) is 6.90. The molecule has 0 aliphatic carbocycles. The fourth-order valence-corrected chi connectivity index (χ4v) is 2.25. The van der Waals surface area contributed by atoms with E-state index in [2.05, 4.69) is 4.90 Å². The molecule has 18 heavy (non-hydrogen) atoms. The summed E-state index contributed by atoms with van der Waals surface area (Å²) in [6.07, 6.45) is 0.568. The van der Waals surface area contributed by atoms with Gasteiger partial charge in [-0.15, -0.1) is 0 Å². The molecule has 0 saturated carbocycles. The molecule has 0 radical (unpaired) electrons. The van der Waals surface area contributed by atoms with E-state index in [0.717, 1.165) is 39.3 Å². The van der Waals surface area contributed by atoms with E-state index in [4.69, 9.17) is 0 Å². The maximum Gasteiger partial charge on any atom is 0.236 e. The van der Waals surface area contributed by atoms with Crippen LogP contribution >= 0.6 is 0 Å². The molecule has 1 rings (SSSR count). The van der Waals surface area contributed by atoms with Gasteiger partial charge < -0.3 is 9.80 Å². The highest BCUT2D eigenvalue weighted by atomic mass is 16.2. The number of hydrogen-bond acceptors (Lipinski definition) is 3. The molecule has 0 unspecified atom stereocenters. The van der Waals surface area contributed by atoms with Crippen molar-refractivity contribution in [3.05, 3.63) is 0 Å². The van der Waals surface area contributed by atoms with Gasteiger partial charge in [0.15, 0.2) is 0 Å². The Morgan fingerprint density at radius 2 is 1.56 bits per heavy atom. The second-order valence-corrected chi connectivity index (χ2v) is 4.58. The minimum Gasteiger partial charge on any atom is -0.342 e. The maximum absolute atomic E-state index is 11.9. The van der Waals surface area contributed by atoms with Crippen molar-refractivity contribution in [2.24, 2.45) is 0 Å². The van der Waals surface area contributed by atoms with Crippen molar-refractivity contribution in [2.45, 2.75) is 27.2 Å². The normalized spacial score (nSPS) is 16.7. The van der Waals surface area contributed by atoms with Crippen LogP contribution in [0.4, 0.5) is 0 Å². The van der Waals surface area contributed by atoms with Crippen LogP contribution in [0.2, 0.25) is 0 Å². The van der Waals surface area contributed by atoms with Crippen LogP contribution in [0.5, 0.6) is 0 Å². The summed E-state index contributed by atoms with van der Waals surface area (Å²) in [4.78, 5) is 29.4. The van der Waals surface area contributed by atoms with Crippen LogP contribution in [0.3, 0.4) is 0 Å². The van der Waals surface area contributed by atoms with Gasteiger partial charge in [-0.3, -0.25) is 14.5 Å². The quantitative estimate of drug-likeness (QED) is 0.714. The summed E-state index contributed by atoms with van der Waals surface area (Å²) in [6, 6.07) is 0. The largest absolute Gasteiger partial charge is 0.342 e. The van der Waals surface area contributed by atoms with Crippen molar-refractivity contribution < 1.29 is 9.59 Å². The average molecular weight is 255 g/mol. The summed E-state index contributed by atoms with van der Waals surface area (Å²) in [6.45, 7) is 11.0. The Kier molecular flexibility index (Phi) is 6.12. The van der Waals surface area contributed by atoms with Gasteiger partial charge in [0.05, 0.1) is 6.54 Å². The maximum atomic E-state index is 11.9. The van der Waals surface area contributed by atoms with Gasteiger partial charge in [0, 0.05) is 45.7 Å². The number of likely N-dealkylation sites (N-methyl/N-ethyl adjacent to an activating group) is 1. The number of carbonyl (C=O) groups excluding carboxylic acids is 2. The number of amides is 2. The Morgan fingerprint density at radius 3 is 2.00 bits per heavy atom. The standard InChI is InChI=1S/C13H25N3O2/c1-4-12(17)16-9-7-14(8-10-16)11-13(18)15(5-2)6-3/h4-11H2,1-3H3. The number of carbonyl (C=O) groups is 2. The van der Waals surface area contributed by atoms with Crippen LogP contribution in [0.15, 0.2) is 0 Å². The molecule has 0 spiro atoms. The first kappa shape index (κ1) is 15.0. The monoisotopic (exact) mass is 255 g/mol. The molecule has 0 aromatic rings. The van der Waals surface area contributed by atoms with Crippen LogP contribution in [0.1, 0.15) is 27.2 Å². The van der Waals surface area contributed by atoms with E-state index in [9.17, 15) is 9.59 Å². The first-order valence-electron chi connectivity index (χ1n) is 6.90. The molecular formula is C13H25N3O2. The lowest BCUT2D eigenvalue weighted by Crippen LogP contribution is -2.51. The van der Waals surface area contributed by atoms with E-state index >= 15 is 0 Å². The van der Waals surface area contributed by atoms with Crippen molar-refractivity contribution >= 4 is 11.8 Å². The first-order chi connectivity index (χ1) is 8.62. The van der Waals surface area contributed by atoms with Gasteiger partial charge in [-0.2, -0.15) is 0 Å². The molecule has 1 fully saturated rings. The van der Waals surface area contributed by atoms with Gasteiger partial charge in [0.2, 0.25) is 11.8 Å². The Labute approximate surface area is 110 Å². The Balaban J connectivity index is 2.35. The van der Waals surface area contributed by atoms with Gasteiger partial charge in [0.1, 0.15) is 0 Å². The predicted molar refractivity (Wildman–Crippen MR) is 71.2 cm³/mol. The minimum absolute atomic E-state index is 0.190. The van der Waals surface area contributed by atoms with Crippen molar-refractivity contribution in [1.82, 2.24) is 14.7 Å². The fraction of sp³-hybridized carbons (Fsp3) is 0.846. The SMILES string of the molecule is CCC(=O)N1CCN(CC(=O)N(CC)CC)CC1. The lowest BCUT2D eigenvalue weighted by molar-refractivity contribution is -0.134. The third-order valence-electron chi connectivity index (χ3n) is 3.50. The number of rotatable bonds is 5. The van der Waals surface area contributed by atoms with Gasteiger partial charge >= 0.3 is 0 Å². The van der Waals surface area contributed by atoms with Crippen LogP contribution in [0.25, 0.3) is 0 Å². The molecule has 0 atom stereocenters. The van der Waals surface area contributed by atoms with Gasteiger partial charge in [-0.25, -0.2) is 0 Å². The minimum atomic E-state index is 0.190. The summed E-state index contributed by atoms with van der Waals surface area (Å²) in [5.41, 5.74) is 0. The molecular weight excluding hydrogens is 230 g/mol. The highest BCUT2D eigenvalue weighted by Gasteiger charge is 2.22. The smallest absolute Gasteiger partial charge is 0.236 e. The zero-order valence-corrected chi connectivity index (χ0v) is 11.8. The van der Waals surface area contributed by atoms with Crippen molar-refractivity contribution in [2.75, 3.05) is 45.8 Å². The summed E-state index contributed by atoms with van der Waals surface area (Å²) in [5.74, 6) is 0.403. The van der Waals surface area contributed by atoms with Crippen molar-refractivity contribution in [1.29, 1.82) is 0 Å². The number of piperazine rings is 1. The molecule has 1 aliphatic heterocycles. The average Bonchev–Trinajstić information content (AvgIpc) is 2.40. The van der Waals surface area contributed by atoms with E-state index in [1.54, 1.807) is 0 Å². The molecule has 1 saturated heterocycles. The Hall–Kier alpha value is -1.10. The lowest BCUT2D eigenvalue weighted by Gasteiger charge is -2.35. The molecule has 0 aromatic heterocycles.